The average Bonchev–Trinajstić information content (AvgIpc) is 2.74. The molecule has 29 heavy (non-hydrogen) atoms. The van der Waals surface area contributed by atoms with Crippen LogP contribution < -0.4 is 9.64 Å². The predicted molar refractivity (Wildman–Crippen MR) is 117 cm³/mol. The van der Waals surface area contributed by atoms with E-state index in [1.807, 2.05) is 6.92 Å². The van der Waals surface area contributed by atoms with Gasteiger partial charge in [0.25, 0.3) is 0 Å². The van der Waals surface area contributed by atoms with E-state index in [0.717, 1.165) is 26.2 Å². The molecule has 0 bridgehead atoms. The number of aliphatic hydroxyl groups excluding tert-OH is 1. The summed E-state index contributed by atoms with van der Waals surface area (Å²) in [6.07, 6.45) is -0.0458. The van der Waals surface area contributed by atoms with Gasteiger partial charge in [0.2, 0.25) is 0 Å². The summed E-state index contributed by atoms with van der Waals surface area (Å²) >= 11 is 0. The van der Waals surface area contributed by atoms with Gasteiger partial charge in [0.15, 0.2) is 5.78 Å². The maximum absolute atomic E-state index is 11.7. The first-order valence-corrected chi connectivity index (χ1v) is 10.4. The van der Waals surface area contributed by atoms with Crippen LogP contribution in [0.1, 0.15) is 34.8 Å². The maximum atomic E-state index is 11.7. The molecule has 5 nitrogen and oxygen atoms in total. The first-order valence-electron chi connectivity index (χ1n) is 10.4. The number of ketones is 1. The molecule has 156 valence electrons. The molecule has 2 aromatic rings. The SMILES string of the molecule is CCC(=O)c1ccc(OC[C@@H](O)CN2CCN(c3ccc(C)c(C)c3)CC2)cc1. The van der Waals surface area contributed by atoms with Crippen molar-refractivity contribution in [2.75, 3.05) is 44.2 Å². The predicted octanol–water partition coefficient (Wildman–Crippen LogP) is 3.46. The van der Waals surface area contributed by atoms with E-state index in [9.17, 15) is 9.90 Å². The zero-order valence-electron chi connectivity index (χ0n) is 17.7. The summed E-state index contributed by atoms with van der Waals surface area (Å²) in [7, 11) is 0. The fraction of sp³-hybridized carbons (Fsp3) is 0.458. The second-order valence-electron chi connectivity index (χ2n) is 7.82. The molecule has 1 aliphatic heterocycles. The number of ether oxygens (including phenoxy) is 1. The third kappa shape index (κ3) is 5.81. The molecular weight excluding hydrogens is 364 g/mol. The first kappa shape index (κ1) is 21.3. The standard InChI is InChI=1S/C24H32N2O3/c1-4-24(28)20-6-9-23(10-7-20)29-17-22(27)16-25-11-13-26(14-12-25)21-8-5-18(2)19(3)15-21/h5-10,15,22,27H,4,11-14,16-17H2,1-3H3/t22-/m0/s1. The minimum Gasteiger partial charge on any atom is -0.491 e. The van der Waals surface area contributed by atoms with Gasteiger partial charge in [-0.25, -0.2) is 0 Å². The lowest BCUT2D eigenvalue weighted by molar-refractivity contribution is 0.0663. The lowest BCUT2D eigenvalue weighted by Gasteiger charge is -2.37. The molecule has 0 unspecified atom stereocenters. The first-order chi connectivity index (χ1) is 14.0. The summed E-state index contributed by atoms with van der Waals surface area (Å²) in [4.78, 5) is 16.4. The summed E-state index contributed by atoms with van der Waals surface area (Å²) in [5.41, 5.74) is 4.62. The minimum absolute atomic E-state index is 0.122. The third-order valence-electron chi connectivity index (χ3n) is 5.64. The van der Waals surface area contributed by atoms with Crippen molar-refractivity contribution in [3.8, 4) is 5.75 Å². The summed E-state index contributed by atoms with van der Waals surface area (Å²) in [6.45, 7) is 10.8. The van der Waals surface area contributed by atoms with Gasteiger partial charge in [0, 0.05) is 50.4 Å². The van der Waals surface area contributed by atoms with Crippen molar-refractivity contribution in [2.45, 2.75) is 33.3 Å². The lowest BCUT2D eigenvalue weighted by Crippen LogP contribution is -2.49. The van der Waals surface area contributed by atoms with Crippen LogP contribution in [0.15, 0.2) is 42.5 Å². The van der Waals surface area contributed by atoms with Gasteiger partial charge in [-0.05, 0) is 61.4 Å². The molecule has 2 aromatic carbocycles. The van der Waals surface area contributed by atoms with Gasteiger partial charge in [-0.2, -0.15) is 0 Å². The second kappa shape index (κ2) is 9.90. The number of benzene rings is 2. The van der Waals surface area contributed by atoms with Crippen LogP contribution in [0.5, 0.6) is 5.75 Å². The Labute approximate surface area is 173 Å². The quantitative estimate of drug-likeness (QED) is 0.693. The van der Waals surface area contributed by atoms with E-state index in [1.165, 1.54) is 16.8 Å². The van der Waals surface area contributed by atoms with Gasteiger partial charge in [0.05, 0.1) is 0 Å². The number of Topliss-reactive ketones (excluding diaryl/α,β-unsaturated/α-hetero) is 1. The number of hydrogen-bond acceptors (Lipinski definition) is 5. The average molecular weight is 397 g/mol. The Hall–Kier alpha value is -2.37. The fourth-order valence-corrected chi connectivity index (χ4v) is 3.60. The second-order valence-corrected chi connectivity index (χ2v) is 7.82. The zero-order chi connectivity index (χ0) is 20.8. The van der Waals surface area contributed by atoms with Gasteiger partial charge >= 0.3 is 0 Å². The molecule has 0 amide bonds. The van der Waals surface area contributed by atoms with E-state index in [1.54, 1.807) is 24.3 Å². The molecule has 1 heterocycles. The van der Waals surface area contributed by atoms with Crippen LogP contribution in [0.3, 0.4) is 0 Å². The normalized spacial score (nSPS) is 15.9. The zero-order valence-corrected chi connectivity index (χ0v) is 17.7. The topological polar surface area (TPSA) is 53.0 Å². The molecule has 1 N–H and O–H groups in total. The van der Waals surface area contributed by atoms with Crippen molar-refractivity contribution < 1.29 is 14.6 Å². The van der Waals surface area contributed by atoms with Gasteiger partial charge in [-0.15, -0.1) is 0 Å². The molecule has 0 radical (unpaired) electrons. The maximum Gasteiger partial charge on any atom is 0.162 e. The largest absolute Gasteiger partial charge is 0.491 e. The van der Waals surface area contributed by atoms with Crippen LogP contribution in [0.4, 0.5) is 5.69 Å². The molecule has 0 spiro atoms. The Kier molecular flexibility index (Phi) is 7.29. The van der Waals surface area contributed by atoms with Crippen molar-refractivity contribution in [1.29, 1.82) is 0 Å². The Balaban J connectivity index is 1.42. The number of nitrogens with zero attached hydrogens (tertiary/aromatic N) is 2. The van der Waals surface area contributed by atoms with Crippen LogP contribution >= 0.6 is 0 Å². The van der Waals surface area contributed by atoms with E-state index in [0.29, 0.717) is 24.3 Å². The molecule has 1 saturated heterocycles. The van der Waals surface area contributed by atoms with Gasteiger partial charge in [-0.3, -0.25) is 9.69 Å². The molecule has 0 saturated carbocycles. The Morgan fingerprint density at radius 1 is 1.03 bits per heavy atom. The van der Waals surface area contributed by atoms with E-state index >= 15 is 0 Å². The highest BCUT2D eigenvalue weighted by atomic mass is 16.5. The molecule has 5 heteroatoms. The van der Waals surface area contributed by atoms with Crippen LogP contribution in [-0.2, 0) is 0 Å². The van der Waals surface area contributed by atoms with Crippen molar-refractivity contribution in [2.24, 2.45) is 0 Å². The monoisotopic (exact) mass is 396 g/mol. The Morgan fingerprint density at radius 2 is 1.72 bits per heavy atom. The number of aryl methyl sites for hydroxylation is 2. The molecule has 1 aliphatic rings. The van der Waals surface area contributed by atoms with E-state index in [-0.39, 0.29) is 12.4 Å². The lowest BCUT2D eigenvalue weighted by atomic mass is 10.1. The van der Waals surface area contributed by atoms with Crippen LogP contribution in [0.25, 0.3) is 0 Å². The highest BCUT2D eigenvalue weighted by molar-refractivity contribution is 5.95. The van der Waals surface area contributed by atoms with Crippen molar-refractivity contribution in [3.63, 3.8) is 0 Å². The number of rotatable bonds is 8. The van der Waals surface area contributed by atoms with E-state index < -0.39 is 6.10 Å². The summed E-state index contributed by atoms with van der Waals surface area (Å²) in [5, 5.41) is 10.4. The van der Waals surface area contributed by atoms with Crippen molar-refractivity contribution in [1.82, 2.24) is 4.90 Å². The number of carbonyl (C=O) groups is 1. The molecule has 0 aromatic heterocycles. The molecule has 0 aliphatic carbocycles. The van der Waals surface area contributed by atoms with E-state index in [4.69, 9.17) is 4.74 Å². The number of piperazine rings is 1. The van der Waals surface area contributed by atoms with Gasteiger partial charge in [0.1, 0.15) is 18.5 Å². The van der Waals surface area contributed by atoms with Crippen LogP contribution in [-0.4, -0.2) is 61.2 Å². The van der Waals surface area contributed by atoms with Crippen molar-refractivity contribution in [3.05, 3.63) is 59.2 Å². The smallest absolute Gasteiger partial charge is 0.162 e. The number of carbonyl (C=O) groups excluding carboxylic acids is 1. The highest BCUT2D eigenvalue weighted by Gasteiger charge is 2.20. The number of β-amino-alcohol motifs (C(OH)–C–C–N with tert-alkyl or cyclic N) is 1. The Bertz CT molecular complexity index is 811. The molecule has 1 atom stereocenters. The number of anilines is 1. The molecule has 1 fully saturated rings. The summed E-state index contributed by atoms with van der Waals surface area (Å²) < 4.78 is 5.69. The highest BCUT2D eigenvalue weighted by Crippen LogP contribution is 2.20. The molecular formula is C24H32N2O3. The Morgan fingerprint density at radius 3 is 2.34 bits per heavy atom. The molecule has 3 rings (SSSR count). The number of aliphatic hydroxyl groups is 1. The minimum atomic E-state index is -0.542. The van der Waals surface area contributed by atoms with Crippen LogP contribution in [0, 0.1) is 13.8 Å². The van der Waals surface area contributed by atoms with Crippen molar-refractivity contribution >= 4 is 11.5 Å². The van der Waals surface area contributed by atoms with Gasteiger partial charge in [-0.1, -0.05) is 13.0 Å². The summed E-state index contributed by atoms with van der Waals surface area (Å²) in [5.74, 6) is 0.799. The van der Waals surface area contributed by atoms with E-state index in [2.05, 4.69) is 41.8 Å². The number of hydrogen-bond donors (Lipinski definition) is 1. The summed E-state index contributed by atoms with van der Waals surface area (Å²) in [6, 6.07) is 13.8. The van der Waals surface area contributed by atoms with Crippen LogP contribution in [0.2, 0.25) is 0 Å². The fourth-order valence-electron chi connectivity index (χ4n) is 3.60. The third-order valence-corrected chi connectivity index (χ3v) is 5.64. The van der Waals surface area contributed by atoms with Gasteiger partial charge < -0.3 is 14.7 Å².